The first-order valence-corrected chi connectivity index (χ1v) is 15.7. The molecule has 7 rings (SSSR count). The zero-order valence-electron chi connectivity index (χ0n) is 24.3. The number of aliphatic hydroxyl groups is 1. The smallest absolute Gasteiger partial charge is 0.249 e. The van der Waals surface area contributed by atoms with Gasteiger partial charge in [-0.3, -0.25) is 14.4 Å². The fraction of sp³-hybridized carbons (Fsp3) is 0.457. The zero-order chi connectivity index (χ0) is 29.6. The minimum atomic E-state index is -1.31. The first-order chi connectivity index (χ1) is 21.0. The molecular weight excluding hydrogens is 542 g/mol. The predicted octanol–water partition coefficient (Wildman–Crippen LogP) is 3.50. The third-order valence-corrected chi connectivity index (χ3v) is 10.1. The van der Waals surface area contributed by atoms with Crippen LogP contribution in [-0.2, 0) is 25.5 Å². The van der Waals surface area contributed by atoms with Crippen molar-refractivity contribution in [2.24, 2.45) is 11.8 Å². The van der Waals surface area contributed by atoms with Gasteiger partial charge in [0.05, 0.1) is 30.6 Å². The number of hydrogen-bond donors (Lipinski definition) is 1. The molecule has 43 heavy (non-hydrogen) atoms. The van der Waals surface area contributed by atoms with Crippen molar-refractivity contribution in [2.45, 2.75) is 68.4 Å². The second-order valence-electron chi connectivity index (χ2n) is 12.5. The molecule has 4 aliphatic heterocycles. The van der Waals surface area contributed by atoms with Crippen LogP contribution in [0.4, 0.5) is 5.69 Å². The van der Waals surface area contributed by atoms with E-state index in [1.54, 1.807) is 9.80 Å². The molecule has 0 aromatic heterocycles. The van der Waals surface area contributed by atoms with Crippen LogP contribution in [0.2, 0.25) is 0 Å². The number of ether oxygens (including phenoxy) is 1. The lowest BCUT2D eigenvalue weighted by molar-refractivity contribution is -0.152. The molecule has 1 spiro atoms. The summed E-state index contributed by atoms with van der Waals surface area (Å²) >= 11 is 0. The Kier molecular flexibility index (Phi) is 7.43. The predicted molar refractivity (Wildman–Crippen MR) is 162 cm³/mol. The van der Waals surface area contributed by atoms with Crippen molar-refractivity contribution < 1.29 is 24.2 Å². The Morgan fingerprint density at radius 2 is 1.58 bits per heavy atom. The van der Waals surface area contributed by atoms with E-state index in [0.717, 1.165) is 43.4 Å². The van der Waals surface area contributed by atoms with E-state index in [-0.39, 0.29) is 30.4 Å². The monoisotopic (exact) mass is 581 g/mol. The molecule has 0 bridgehead atoms. The maximum Gasteiger partial charge on any atom is 0.249 e. The van der Waals surface area contributed by atoms with Crippen molar-refractivity contribution >= 4 is 23.4 Å². The van der Waals surface area contributed by atoms with Gasteiger partial charge in [-0.15, -0.1) is 0 Å². The van der Waals surface area contributed by atoms with Crippen molar-refractivity contribution in [3.05, 3.63) is 90.5 Å². The number of anilines is 1. The summed E-state index contributed by atoms with van der Waals surface area (Å²) < 4.78 is 6.83. The van der Waals surface area contributed by atoms with Crippen LogP contribution < -0.4 is 4.90 Å². The summed E-state index contributed by atoms with van der Waals surface area (Å²) in [6.45, 7) is 0.508. The molecule has 2 aromatic rings. The number of nitrogens with zero attached hydrogens (tertiary/aromatic N) is 3. The van der Waals surface area contributed by atoms with Crippen LogP contribution in [0.5, 0.6) is 0 Å². The van der Waals surface area contributed by atoms with E-state index in [4.69, 9.17) is 4.74 Å². The maximum absolute atomic E-state index is 14.8. The van der Waals surface area contributed by atoms with Crippen LogP contribution in [0.3, 0.4) is 0 Å². The molecule has 1 unspecified atom stereocenters. The molecule has 3 fully saturated rings. The van der Waals surface area contributed by atoms with Gasteiger partial charge in [-0.25, -0.2) is 0 Å². The lowest BCUT2D eigenvalue weighted by atomic mass is 9.77. The number of amides is 3. The Bertz CT molecular complexity index is 1420. The van der Waals surface area contributed by atoms with E-state index < -0.39 is 35.6 Å². The average Bonchev–Trinajstić information content (AvgIpc) is 3.36. The molecule has 1 aliphatic carbocycles. The van der Waals surface area contributed by atoms with Gasteiger partial charge in [-0.2, -0.15) is 0 Å². The van der Waals surface area contributed by atoms with E-state index in [1.165, 1.54) is 0 Å². The average molecular weight is 582 g/mol. The molecule has 8 heteroatoms. The number of rotatable bonds is 6. The minimum Gasteiger partial charge on any atom is -0.394 e. The standard InChI is InChI=1S/C35H39N3O5/c39-23-27(22-24-12-4-1-5-13-24)38-31-34(42)37(26-16-8-3-9-17-26)21-11-19-35(31)30(33(38)41)29-28(43-35)18-10-20-36(32(29)40)25-14-6-2-7-15-25/h1-2,4-7,10-15,18-19,26-31,39H,3,8-9,16-17,20-23H2/t27-,28+,29-,30+,31?,35+/m1/s1. The number of aliphatic hydroxyl groups excluding tert-OH is 1. The highest BCUT2D eigenvalue weighted by Gasteiger charge is 2.72. The molecule has 8 nitrogen and oxygen atoms in total. The van der Waals surface area contributed by atoms with Crippen LogP contribution in [0, 0.1) is 11.8 Å². The van der Waals surface area contributed by atoms with E-state index in [9.17, 15) is 19.5 Å². The Hall–Kier alpha value is -3.75. The Balaban J connectivity index is 1.32. The second kappa shape index (κ2) is 11.4. The number of hydrogen-bond acceptors (Lipinski definition) is 5. The molecule has 2 aromatic carbocycles. The highest BCUT2D eigenvalue weighted by molar-refractivity contribution is 6.04. The van der Waals surface area contributed by atoms with Crippen molar-refractivity contribution in [1.29, 1.82) is 0 Å². The molecule has 6 atom stereocenters. The van der Waals surface area contributed by atoms with E-state index in [2.05, 4.69) is 0 Å². The first-order valence-electron chi connectivity index (χ1n) is 15.7. The molecule has 4 heterocycles. The summed E-state index contributed by atoms with van der Waals surface area (Å²) in [4.78, 5) is 49.1. The lowest BCUT2D eigenvalue weighted by Gasteiger charge is -2.41. The highest BCUT2D eigenvalue weighted by Crippen LogP contribution is 2.54. The summed E-state index contributed by atoms with van der Waals surface area (Å²) in [5.74, 6) is -2.32. The van der Waals surface area contributed by atoms with Gasteiger partial charge in [0.25, 0.3) is 0 Å². The van der Waals surface area contributed by atoms with Gasteiger partial charge in [0.15, 0.2) is 0 Å². The lowest BCUT2D eigenvalue weighted by Crippen LogP contribution is -2.60. The van der Waals surface area contributed by atoms with E-state index in [1.807, 2.05) is 89.9 Å². The summed E-state index contributed by atoms with van der Waals surface area (Å²) in [6.07, 6.45) is 12.6. The number of benzene rings is 2. The van der Waals surface area contributed by atoms with Crippen molar-refractivity contribution in [3.63, 3.8) is 0 Å². The van der Waals surface area contributed by atoms with Gasteiger partial charge >= 0.3 is 0 Å². The van der Waals surface area contributed by atoms with Crippen molar-refractivity contribution in [1.82, 2.24) is 9.80 Å². The Labute approximate surface area is 252 Å². The van der Waals surface area contributed by atoms with Crippen LogP contribution in [0.25, 0.3) is 0 Å². The van der Waals surface area contributed by atoms with Gasteiger partial charge in [-0.05, 0) is 37.0 Å². The minimum absolute atomic E-state index is 0.0979. The zero-order valence-corrected chi connectivity index (χ0v) is 24.3. The second-order valence-corrected chi connectivity index (χ2v) is 12.5. The van der Waals surface area contributed by atoms with Gasteiger partial charge in [-0.1, -0.05) is 92.1 Å². The van der Waals surface area contributed by atoms with Gasteiger partial charge in [0.2, 0.25) is 17.7 Å². The molecule has 5 aliphatic rings. The molecule has 0 radical (unpaired) electrons. The largest absolute Gasteiger partial charge is 0.394 e. The van der Waals surface area contributed by atoms with Crippen LogP contribution in [0.1, 0.15) is 37.7 Å². The summed E-state index contributed by atoms with van der Waals surface area (Å²) in [5, 5.41) is 10.7. The van der Waals surface area contributed by atoms with Gasteiger partial charge in [0, 0.05) is 24.8 Å². The van der Waals surface area contributed by atoms with Gasteiger partial charge in [0.1, 0.15) is 11.6 Å². The summed E-state index contributed by atoms with van der Waals surface area (Å²) in [5.41, 5.74) is 0.408. The summed E-state index contributed by atoms with van der Waals surface area (Å²) in [7, 11) is 0. The number of likely N-dealkylation sites (tertiary alicyclic amines) is 1. The molecule has 1 N–H and O–H groups in total. The molecule has 224 valence electrons. The van der Waals surface area contributed by atoms with Crippen LogP contribution >= 0.6 is 0 Å². The normalized spacial score (nSPS) is 31.5. The maximum atomic E-state index is 14.8. The van der Waals surface area contributed by atoms with Crippen LogP contribution in [0.15, 0.2) is 85.0 Å². The fourth-order valence-corrected chi connectivity index (χ4v) is 8.19. The Morgan fingerprint density at radius 3 is 2.30 bits per heavy atom. The first kappa shape index (κ1) is 28.0. The number of para-hydroxylation sites is 1. The SMILES string of the molecule is O=C1[C@@H]2[C@H](C=CCN1c1ccccc1)O[C@]13C=CCN(C4CCCCC4)C(=O)C1N([C@@H](CO)Cc1ccccc1)C(=O)[C@H]23. The third kappa shape index (κ3) is 4.62. The highest BCUT2D eigenvalue weighted by atomic mass is 16.5. The molecule has 2 saturated heterocycles. The topological polar surface area (TPSA) is 90.4 Å². The Morgan fingerprint density at radius 1 is 0.860 bits per heavy atom. The number of fused-ring (bicyclic) bond motifs is 2. The van der Waals surface area contributed by atoms with Gasteiger partial charge < -0.3 is 24.5 Å². The van der Waals surface area contributed by atoms with Crippen LogP contribution in [-0.4, -0.2) is 82.2 Å². The number of carbonyl (C=O) groups excluding carboxylic acids is 3. The quantitative estimate of drug-likeness (QED) is 0.528. The van der Waals surface area contributed by atoms with E-state index in [0.29, 0.717) is 19.5 Å². The third-order valence-electron chi connectivity index (χ3n) is 10.1. The molecule has 3 amide bonds. The van der Waals surface area contributed by atoms with Crippen molar-refractivity contribution in [3.8, 4) is 0 Å². The van der Waals surface area contributed by atoms with E-state index >= 15 is 0 Å². The molecule has 1 saturated carbocycles. The molecular formula is C35H39N3O5. The summed E-state index contributed by atoms with van der Waals surface area (Å²) in [6, 6.07) is 17.7. The fourth-order valence-electron chi connectivity index (χ4n) is 8.19. The van der Waals surface area contributed by atoms with Crippen molar-refractivity contribution in [2.75, 3.05) is 24.6 Å². The number of carbonyl (C=O) groups is 3.